The number of sulfonamides is 1. The van der Waals surface area contributed by atoms with Gasteiger partial charge in [-0.05, 0) is 25.0 Å². The molecule has 0 amide bonds. The van der Waals surface area contributed by atoms with Crippen molar-refractivity contribution in [1.29, 1.82) is 0 Å². The molecule has 142 valence electrons. The van der Waals surface area contributed by atoms with Gasteiger partial charge in [-0.1, -0.05) is 44.9 Å². The van der Waals surface area contributed by atoms with E-state index in [1.807, 2.05) is 18.6 Å². The molecular formula is C16H25NO6S2. The van der Waals surface area contributed by atoms with E-state index in [1.165, 1.54) is 24.3 Å². The third-order valence-electron chi connectivity index (χ3n) is 3.78. The number of carboxylic acid groups (broad SMARTS) is 1. The molecule has 0 saturated heterocycles. The van der Waals surface area contributed by atoms with Gasteiger partial charge < -0.3 is 5.11 Å². The number of nitrogens with one attached hydrogen (secondary N) is 1. The summed E-state index contributed by atoms with van der Waals surface area (Å²) in [5.74, 6) is -2.28. The van der Waals surface area contributed by atoms with Crippen LogP contribution in [0.1, 0.15) is 39.5 Å². The van der Waals surface area contributed by atoms with Crippen LogP contribution in [0.5, 0.6) is 0 Å². The van der Waals surface area contributed by atoms with Crippen LogP contribution in [0.2, 0.25) is 0 Å². The second-order valence-electron chi connectivity index (χ2n) is 5.85. The van der Waals surface area contributed by atoms with Gasteiger partial charge >= 0.3 is 5.97 Å². The maximum Gasteiger partial charge on any atom is 0.322 e. The molecule has 1 unspecified atom stereocenters. The largest absolute Gasteiger partial charge is 0.480 e. The third-order valence-corrected chi connectivity index (χ3v) is 7.55. The molecule has 0 aromatic heterocycles. The van der Waals surface area contributed by atoms with Crippen LogP contribution < -0.4 is 4.72 Å². The summed E-state index contributed by atoms with van der Waals surface area (Å²) in [6, 6.07) is 5.52. The number of carbonyl (C=O) groups is 1. The minimum absolute atomic E-state index is 0.114. The monoisotopic (exact) mass is 391 g/mol. The Morgan fingerprint density at radius 3 is 2.00 bits per heavy atom. The summed E-state index contributed by atoms with van der Waals surface area (Å²) in [6.07, 6.45) is 2.15. The molecule has 1 atom stereocenters. The summed E-state index contributed by atoms with van der Waals surface area (Å²) in [5, 5.41) is 8.64. The van der Waals surface area contributed by atoms with Crippen molar-refractivity contribution >= 4 is 25.8 Å². The van der Waals surface area contributed by atoms with Gasteiger partial charge in [0.1, 0.15) is 6.04 Å². The van der Waals surface area contributed by atoms with Crippen molar-refractivity contribution < 1.29 is 26.7 Å². The Morgan fingerprint density at radius 2 is 1.56 bits per heavy atom. The van der Waals surface area contributed by atoms with E-state index in [0.29, 0.717) is 25.7 Å². The summed E-state index contributed by atoms with van der Waals surface area (Å²) in [6.45, 7) is 3.70. The molecule has 1 aromatic carbocycles. The molecule has 25 heavy (non-hydrogen) atoms. The van der Waals surface area contributed by atoms with E-state index in [-0.39, 0.29) is 4.90 Å². The molecule has 0 saturated carbocycles. The molecule has 1 rings (SSSR count). The van der Waals surface area contributed by atoms with Gasteiger partial charge in [-0.25, -0.2) is 16.8 Å². The van der Waals surface area contributed by atoms with Crippen molar-refractivity contribution in [1.82, 2.24) is 4.72 Å². The molecule has 2 N–H and O–H groups in total. The average molecular weight is 392 g/mol. The van der Waals surface area contributed by atoms with E-state index in [9.17, 15) is 26.7 Å². The van der Waals surface area contributed by atoms with E-state index >= 15 is 0 Å². The summed E-state index contributed by atoms with van der Waals surface area (Å²) in [4.78, 5) is 11.3. The number of carboxylic acids is 1. The predicted molar refractivity (Wildman–Crippen MR) is 95.6 cm³/mol. The molecule has 0 aliphatic heterocycles. The lowest BCUT2D eigenvalue weighted by molar-refractivity contribution is -0.138. The SMILES string of the molecule is CCCC(CCC)S(=O)(=O)CC(NS(=O)(=O)c1ccccc1)C(=O)O. The van der Waals surface area contributed by atoms with Crippen LogP contribution in [0.25, 0.3) is 0 Å². The van der Waals surface area contributed by atoms with Crippen molar-refractivity contribution in [3.8, 4) is 0 Å². The average Bonchev–Trinajstić information content (AvgIpc) is 2.54. The Morgan fingerprint density at radius 1 is 1.04 bits per heavy atom. The highest BCUT2D eigenvalue weighted by Gasteiger charge is 2.33. The summed E-state index contributed by atoms with van der Waals surface area (Å²) >= 11 is 0. The van der Waals surface area contributed by atoms with Gasteiger partial charge in [-0.2, -0.15) is 4.72 Å². The maximum absolute atomic E-state index is 12.5. The Hall–Kier alpha value is -1.45. The van der Waals surface area contributed by atoms with Crippen LogP contribution in [0.3, 0.4) is 0 Å². The topological polar surface area (TPSA) is 118 Å². The first-order chi connectivity index (χ1) is 11.6. The predicted octanol–water partition coefficient (Wildman–Crippen LogP) is 1.80. The van der Waals surface area contributed by atoms with E-state index < -0.39 is 42.9 Å². The number of hydrogen-bond acceptors (Lipinski definition) is 5. The zero-order valence-corrected chi connectivity index (χ0v) is 16.0. The molecule has 7 nitrogen and oxygen atoms in total. The fourth-order valence-electron chi connectivity index (χ4n) is 2.53. The molecule has 0 fully saturated rings. The number of aliphatic carboxylic acids is 1. The molecule has 0 spiro atoms. The van der Waals surface area contributed by atoms with E-state index in [4.69, 9.17) is 0 Å². The lowest BCUT2D eigenvalue weighted by atomic mass is 10.2. The smallest absolute Gasteiger partial charge is 0.322 e. The van der Waals surface area contributed by atoms with E-state index in [2.05, 4.69) is 0 Å². The second-order valence-corrected chi connectivity index (χ2v) is 9.89. The van der Waals surface area contributed by atoms with Gasteiger partial charge in [0.05, 0.1) is 15.9 Å². The summed E-state index contributed by atoms with van der Waals surface area (Å²) in [7, 11) is -7.88. The molecule has 0 radical (unpaired) electrons. The third kappa shape index (κ3) is 6.41. The summed E-state index contributed by atoms with van der Waals surface area (Å²) in [5.41, 5.74) is 0. The number of benzene rings is 1. The second kappa shape index (κ2) is 9.30. The van der Waals surface area contributed by atoms with Crippen molar-refractivity contribution in [2.75, 3.05) is 5.75 Å². The Balaban J connectivity index is 3.03. The Bertz CT molecular complexity index is 753. The van der Waals surface area contributed by atoms with E-state index in [0.717, 1.165) is 0 Å². The van der Waals surface area contributed by atoms with Gasteiger partial charge in [0, 0.05) is 0 Å². The first-order valence-electron chi connectivity index (χ1n) is 8.15. The Labute approximate surface area is 149 Å². The molecule has 0 heterocycles. The summed E-state index contributed by atoms with van der Waals surface area (Å²) < 4.78 is 51.7. The number of hydrogen-bond donors (Lipinski definition) is 2. The quantitative estimate of drug-likeness (QED) is 0.594. The first-order valence-corrected chi connectivity index (χ1v) is 11.4. The fraction of sp³-hybridized carbons (Fsp3) is 0.562. The lowest BCUT2D eigenvalue weighted by Gasteiger charge is -2.20. The zero-order valence-electron chi connectivity index (χ0n) is 14.4. The standard InChI is InChI=1S/C16H25NO6S2/c1-3-8-13(9-4-2)24(20,21)12-15(16(18)19)17-25(22,23)14-10-6-5-7-11-14/h5-7,10-11,13,15,17H,3-4,8-9,12H2,1-2H3,(H,18,19). The van der Waals surface area contributed by atoms with Crippen LogP contribution in [0, 0.1) is 0 Å². The number of sulfone groups is 1. The van der Waals surface area contributed by atoms with Crippen LogP contribution in [0.15, 0.2) is 35.2 Å². The van der Waals surface area contributed by atoms with Crippen LogP contribution in [-0.4, -0.2) is 45.0 Å². The molecule has 0 bridgehead atoms. The van der Waals surface area contributed by atoms with Gasteiger partial charge in [0.15, 0.2) is 9.84 Å². The minimum atomic E-state index is -4.12. The van der Waals surface area contributed by atoms with E-state index in [1.54, 1.807) is 6.07 Å². The highest BCUT2D eigenvalue weighted by molar-refractivity contribution is 7.92. The normalized spacial score (nSPS) is 13.7. The van der Waals surface area contributed by atoms with Gasteiger partial charge in [-0.15, -0.1) is 0 Å². The van der Waals surface area contributed by atoms with Crippen molar-refractivity contribution in [2.24, 2.45) is 0 Å². The molecular weight excluding hydrogens is 366 g/mol. The van der Waals surface area contributed by atoms with Gasteiger partial charge in [0.2, 0.25) is 10.0 Å². The van der Waals surface area contributed by atoms with Gasteiger partial charge in [0.25, 0.3) is 0 Å². The van der Waals surface area contributed by atoms with Crippen molar-refractivity contribution in [3.05, 3.63) is 30.3 Å². The van der Waals surface area contributed by atoms with Gasteiger partial charge in [-0.3, -0.25) is 4.79 Å². The van der Waals surface area contributed by atoms with Crippen molar-refractivity contribution in [2.45, 2.75) is 55.7 Å². The minimum Gasteiger partial charge on any atom is -0.480 e. The van der Waals surface area contributed by atoms with Crippen LogP contribution in [-0.2, 0) is 24.7 Å². The Kier molecular flexibility index (Phi) is 8.04. The highest BCUT2D eigenvalue weighted by atomic mass is 32.2. The molecule has 9 heteroatoms. The van der Waals surface area contributed by atoms with Crippen molar-refractivity contribution in [3.63, 3.8) is 0 Å². The van der Waals surface area contributed by atoms with Crippen LogP contribution in [0.4, 0.5) is 0 Å². The molecule has 0 aliphatic rings. The zero-order chi connectivity index (χ0) is 19.1. The highest BCUT2D eigenvalue weighted by Crippen LogP contribution is 2.17. The maximum atomic E-state index is 12.5. The lowest BCUT2D eigenvalue weighted by Crippen LogP contribution is -2.46. The fourth-order valence-corrected chi connectivity index (χ4v) is 5.99. The molecule has 0 aliphatic carbocycles. The van der Waals surface area contributed by atoms with Crippen LogP contribution >= 0.6 is 0 Å². The number of rotatable bonds is 11. The first kappa shape index (κ1) is 21.6. The molecule has 1 aromatic rings.